The maximum absolute atomic E-state index is 9.84. The van der Waals surface area contributed by atoms with Gasteiger partial charge in [0.15, 0.2) is 5.16 Å². The van der Waals surface area contributed by atoms with Crippen molar-refractivity contribution in [1.29, 1.82) is 0 Å². The van der Waals surface area contributed by atoms with E-state index in [-0.39, 0.29) is 12.1 Å². The molecule has 1 heterocycles. The maximum Gasteiger partial charge on any atom is 0.187 e. The lowest BCUT2D eigenvalue weighted by Crippen LogP contribution is -2.53. The molecule has 0 aliphatic heterocycles. The Labute approximate surface area is 124 Å². The first kappa shape index (κ1) is 14.3. The fraction of sp³-hybridized carbons (Fsp3) is 0.733. The summed E-state index contributed by atoms with van der Waals surface area (Å²) in [7, 11) is 0. The molecule has 5 heteroatoms. The van der Waals surface area contributed by atoms with Gasteiger partial charge in [-0.25, -0.2) is 9.97 Å². The molecule has 20 heavy (non-hydrogen) atoms. The highest BCUT2D eigenvalue weighted by molar-refractivity contribution is 7.99. The lowest BCUT2D eigenvalue weighted by molar-refractivity contribution is 0.122. The summed E-state index contributed by atoms with van der Waals surface area (Å²) in [5, 5.41) is 14.9. The highest BCUT2D eigenvalue weighted by Gasteiger charge is 2.40. The van der Waals surface area contributed by atoms with E-state index in [1.807, 2.05) is 19.2 Å². The van der Waals surface area contributed by atoms with Gasteiger partial charge in [-0.1, -0.05) is 18.2 Å². The van der Waals surface area contributed by atoms with Gasteiger partial charge in [-0.05, 0) is 45.1 Å². The Morgan fingerprint density at radius 3 is 3.00 bits per heavy atom. The quantitative estimate of drug-likeness (QED) is 0.816. The van der Waals surface area contributed by atoms with Crippen molar-refractivity contribution in [3.05, 3.63) is 18.0 Å². The molecule has 0 spiro atoms. The number of aliphatic hydroxyl groups excluding tert-OH is 1. The second-order valence-corrected chi connectivity index (χ2v) is 7.44. The summed E-state index contributed by atoms with van der Waals surface area (Å²) < 4.78 is 0. The van der Waals surface area contributed by atoms with Crippen LogP contribution in [0.4, 0.5) is 0 Å². The van der Waals surface area contributed by atoms with Crippen LogP contribution in [0.5, 0.6) is 0 Å². The minimum absolute atomic E-state index is 0.0685. The Balaban J connectivity index is 1.64. The predicted molar refractivity (Wildman–Crippen MR) is 80.9 cm³/mol. The molecule has 2 N–H and O–H groups in total. The molecule has 0 radical (unpaired) electrons. The van der Waals surface area contributed by atoms with Crippen LogP contribution >= 0.6 is 11.8 Å². The van der Waals surface area contributed by atoms with Gasteiger partial charge in [0, 0.05) is 28.7 Å². The summed E-state index contributed by atoms with van der Waals surface area (Å²) >= 11 is 1.77. The fourth-order valence-corrected chi connectivity index (χ4v) is 4.32. The third-order valence-corrected chi connectivity index (χ3v) is 5.38. The number of rotatable bonds is 5. The molecule has 2 fully saturated rings. The van der Waals surface area contributed by atoms with Crippen molar-refractivity contribution in [3.63, 3.8) is 0 Å². The molecule has 0 bridgehead atoms. The van der Waals surface area contributed by atoms with Crippen LogP contribution < -0.4 is 5.32 Å². The lowest BCUT2D eigenvalue weighted by Gasteiger charge is -2.40. The maximum atomic E-state index is 9.84. The third kappa shape index (κ3) is 3.51. The van der Waals surface area contributed by atoms with Gasteiger partial charge in [-0.3, -0.25) is 0 Å². The zero-order chi connectivity index (χ0) is 14.0. The molecular formula is C15H23N3OS. The van der Waals surface area contributed by atoms with Gasteiger partial charge in [-0.15, -0.1) is 0 Å². The monoisotopic (exact) mass is 293 g/mol. The summed E-state index contributed by atoms with van der Waals surface area (Å²) in [4.78, 5) is 8.83. The molecule has 0 aromatic carbocycles. The van der Waals surface area contributed by atoms with Crippen molar-refractivity contribution in [2.24, 2.45) is 0 Å². The molecule has 2 atom stereocenters. The van der Waals surface area contributed by atoms with Gasteiger partial charge in [0.05, 0.1) is 6.61 Å². The van der Waals surface area contributed by atoms with E-state index in [4.69, 9.17) is 0 Å². The van der Waals surface area contributed by atoms with E-state index in [1.165, 1.54) is 25.7 Å². The smallest absolute Gasteiger partial charge is 0.187 e. The molecule has 3 rings (SSSR count). The van der Waals surface area contributed by atoms with E-state index in [0.29, 0.717) is 11.3 Å². The number of thioether (sulfide) groups is 1. The number of hydrogen-bond donors (Lipinski definition) is 2. The first-order valence-corrected chi connectivity index (χ1v) is 8.42. The van der Waals surface area contributed by atoms with Gasteiger partial charge in [0.1, 0.15) is 0 Å². The van der Waals surface area contributed by atoms with Gasteiger partial charge < -0.3 is 10.4 Å². The minimum atomic E-state index is -0.0685. The van der Waals surface area contributed by atoms with Crippen LogP contribution in [0.1, 0.15) is 44.2 Å². The summed E-state index contributed by atoms with van der Waals surface area (Å²) in [6.07, 6.45) is 8.82. The molecule has 2 aliphatic carbocycles. The Morgan fingerprint density at radius 1 is 1.45 bits per heavy atom. The van der Waals surface area contributed by atoms with Crippen LogP contribution in [0.25, 0.3) is 0 Å². The van der Waals surface area contributed by atoms with E-state index in [0.717, 1.165) is 23.7 Å². The van der Waals surface area contributed by atoms with Gasteiger partial charge >= 0.3 is 0 Å². The highest BCUT2D eigenvalue weighted by Crippen LogP contribution is 2.38. The van der Waals surface area contributed by atoms with Crippen LogP contribution in [0.3, 0.4) is 0 Å². The normalized spacial score (nSPS) is 30.4. The van der Waals surface area contributed by atoms with Crippen molar-refractivity contribution in [2.75, 3.05) is 6.61 Å². The Hall–Kier alpha value is -0.650. The molecule has 0 saturated heterocycles. The van der Waals surface area contributed by atoms with E-state index in [9.17, 15) is 5.11 Å². The SMILES string of the molecule is Cc1ccnc(SC2CCCC(CO)(NC3CC3)C2)n1. The van der Waals surface area contributed by atoms with Crippen molar-refractivity contribution in [1.82, 2.24) is 15.3 Å². The summed E-state index contributed by atoms with van der Waals surface area (Å²) in [6, 6.07) is 2.57. The van der Waals surface area contributed by atoms with Crippen molar-refractivity contribution >= 4 is 11.8 Å². The van der Waals surface area contributed by atoms with E-state index < -0.39 is 0 Å². The average molecular weight is 293 g/mol. The predicted octanol–water partition coefficient (Wildman–Crippen LogP) is 2.30. The van der Waals surface area contributed by atoms with Crippen molar-refractivity contribution < 1.29 is 5.11 Å². The second-order valence-electron chi connectivity index (χ2n) is 6.17. The third-order valence-electron chi connectivity index (χ3n) is 4.23. The molecule has 1 aromatic rings. The average Bonchev–Trinajstić information content (AvgIpc) is 3.23. The molecule has 2 unspecified atom stereocenters. The summed E-state index contributed by atoms with van der Waals surface area (Å²) in [5.74, 6) is 0. The molecule has 1 aromatic heterocycles. The summed E-state index contributed by atoms with van der Waals surface area (Å²) in [6.45, 7) is 2.24. The standard InChI is InChI=1S/C15H23N3OS/c1-11-6-8-16-14(17-11)20-13-3-2-7-15(9-13,10-19)18-12-4-5-12/h6,8,12-13,18-19H,2-5,7,9-10H2,1H3. The number of nitrogens with zero attached hydrogens (tertiary/aromatic N) is 2. The molecule has 110 valence electrons. The van der Waals surface area contributed by atoms with Crippen LogP contribution in [0, 0.1) is 6.92 Å². The Bertz CT molecular complexity index is 466. The Kier molecular flexibility index (Phi) is 4.29. The lowest BCUT2D eigenvalue weighted by atomic mass is 9.82. The zero-order valence-electron chi connectivity index (χ0n) is 12.0. The van der Waals surface area contributed by atoms with Gasteiger partial charge in [-0.2, -0.15) is 0 Å². The molecule has 4 nitrogen and oxygen atoms in total. The van der Waals surface area contributed by atoms with Gasteiger partial charge in [0.25, 0.3) is 0 Å². The minimum Gasteiger partial charge on any atom is -0.394 e. The van der Waals surface area contributed by atoms with Gasteiger partial charge in [0.2, 0.25) is 0 Å². The number of nitrogens with one attached hydrogen (secondary N) is 1. The van der Waals surface area contributed by atoms with Crippen LogP contribution in [0.2, 0.25) is 0 Å². The largest absolute Gasteiger partial charge is 0.394 e. The van der Waals surface area contributed by atoms with Crippen LogP contribution in [-0.2, 0) is 0 Å². The fourth-order valence-electron chi connectivity index (χ4n) is 3.02. The van der Waals surface area contributed by atoms with Crippen LogP contribution in [-0.4, -0.2) is 38.5 Å². The number of aryl methyl sites for hydroxylation is 1. The number of aromatic nitrogens is 2. The second kappa shape index (κ2) is 6.00. The summed E-state index contributed by atoms with van der Waals surface area (Å²) in [5.41, 5.74) is 0.948. The first-order chi connectivity index (χ1) is 9.69. The van der Waals surface area contributed by atoms with E-state index in [2.05, 4.69) is 15.3 Å². The molecule has 2 saturated carbocycles. The van der Waals surface area contributed by atoms with Crippen LogP contribution in [0.15, 0.2) is 17.4 Å². The molecule has 0 amide bonds. The highest BCUT2D eigenvalue weighted by atomic mass is 32.2. The van der Waals surface area contributed by atoms with E-state index in [1.54, 1.807) is 11.8 Å². The molecular weight excluding hydrogens is 270 g/mol. The topological polar surface area (TPSA) is 58.0 Å². The van der Waals surface area contributed by atoms with Crippen molar-refractivity contribution in [3.8, 4) is 0 Å². The first-order valence-electron chi connectivity index (χ1n) is 7.54. The Morgan fingerprint density at radius 2 is 2.30 bits per heavy atom. The van der Waals surface area contributed by atoms with Crippen molar-refractivity contribution in [2.45, 2.75) is 67.4 Å². The van der Waals surface area contributed by atoms with E-state index >= 15 is 0 Å². The molecule has 2 aliphatic rings. The number of hydrogen-bond acceptors (Lipinski definition) is 5. The zero-order valence-corrected chi connectivity index (χ0v) is 12.8. The number of aliphatic hydroxyl groups is 1.